The third kappa shape index (κ3) is 3.81. The third-order valence-corrected chi connectivity index (χ3v) is 6.60. The number of carbonyl (C=O) groups excluding carboxylic acids is 2. The van der Waals surface area contributed by atoms with Crippen molar-refractivity contribution in [3.63, 3.8) is 0 Å². The monoisotopic (exact) mass is 479 g/mol. The lowest BCUT2D eigenvalue weighted by atomic mass is 9.97. The van der Waals surface area contributed by atoms with Crippen LogP contribution in [0.5, 0.6) is 5.75 Å². The van der Waals surface area contributed by atoms with Gasteiger partial charge >= 0.3 is 0 Å². The van der Waals surface area contributed by atoms with Crippen molar-refractivity contribution in [1.82, 2.24) is 0 Å². The molecular weight excluding hydrogens is 454 g/mol. The van der Waals surface area contributed by atoms with E-state index in [9.17, 15) is 14.4 Å². The van der Waals surface area contributed by atoms with Crippen molar-refractivity contribution in [2.24, 2.45) is 0 Å². The SMILES string of the molecule is C=CCOc1ccc(C2c3c(oc4cc(C)c(C)cc4c3=O)C(=O)N2c2ccc(C(C)=O)cc2)cc1. The van der Waals surface area contributed by atoms with Gasteiger partial charge in [0.2, 0.25) is 5.76 Å². The van der Waals surface area contributed by atoms with Crippen LogP contribution in [-0.2, 0) is 0 Å². The van der Waals surface area contributed by atoms with Crippen molar-refractivity contribution in [2.75, 3.05) is 11.5 Å². The van der Waals surface area contributed by atoms with Gasteiger partial charge in [-0.2, -0.15) is 0 Å². The van der Waals surface area contributed by atoms with Crippen LogP contribution in [-0.4, -0.2) is 18.3 Å². The number of Topliss-reactive ketones (excluding diaryl/α,β-unsaturated/α-hetero) is 1. The number of nitrogens with zero attached hydrogens (tertiary/aromatic N) is 1. The van der Waals surface area contributed by atoms with E-state index in [1.165, 1.54) is 6.92 Å². The fourth-order valence-electron chi connectivity index (χ4n) is 4.57. The molecule has 180 valence electrons. The van der Waals surface area contributed by atoms with Gasteiger partial charge in [0.1, 0.15) is 17.9 Å². The zero-order valence-electron chi connectivity index (χ0n) is 20.3. The molecule has 0 fully saturated rings. The second-order valence-electron chi connectivity index (χ2n) is 8.96. The van der Waals surface area contributed by atoms with E-state index in [0.717, 1.165) is 16.7 Å². The van der Waals surface area contributed by atoms with E-state index in [4.69, 9.17) is 9.15 Å². The zero-order chi connectivity index (χ0) is 25.6. The summed E-state index contributed by atoms with van der Waals surface area (Å²) in [5.41, 5.74) is 4.22. The minimum Gasteiger partial charge on any atom is -0.490 e. The number of fused-ring (bicyclic) bond motifs is 2. The molecule has 0 aliphatic carbocycles. The molecule has 1 aliphatic heterocycles. The second kappa shape index (κ2) is 8.96. The lowest BCUT2D eigenvalue weighted by Gasteiger charge is -2.25. The van der Waals surface area contributed by atoms with Gasteiger partial charge < -0.3 is 9.15 Å². The Morgan fingerprint density at radius 2 is 1.69 bits per heavy atom. The predicted octanol–water partition coefficient (Wildman–Crippen LogP) is 5.93. The quantitative estimate of drug-likeness (QED) is 0.253. The van der Waals surface area contributed by atoms with Gasteiger partial charge in [-0.05, 0) is 86.0 Å². The van der Waals surface area contributed by atoms with Crippen molar-refractivity contribution in [3.8, 4) is 5.75 Å². The number of ether oxygens (including phenoxy) is 1. The minimum absolute atomic E-state index is 0.0309. The van der Waals surface area contributed by atoms with E-state index in [1.807, 2.05) is 32.0 Å². The van der Waals surface area contributed by atoms with Gasteiger partial charge in [-0.25, -0.2) is 0 Å². The summed E-state index contributed by atoms with van der Waals surface area (Å²) in [5, 5.41) is 0.439. The maximum Gasteiger partial charge on any atom is 0.295 e. The largest absolute Gasteiger partial charge is 0.490 e. The predicted molar refractivity (Wildman–Crippen MR) is 139 cm³/mol. The molecule has 1 aliphatic rings. The molecule has 0 radical (unpaired) electrons. The summed E-state index contributed by atoms with van der Waals surface area (Å²) in [6.07, 6.45) is 1.66. The Bertz CT molecular complexity index is 1580. The molecule has 3 aromatic carbocycles. The summed E-state index contributed by atoms with van der Waals surface area (Å²) < 4.78 is 11.7. The summed E-state index contributed by atoms with van der Waals surface area (Å²) in [4.78, 5) is 40.9. The first-order valence-corrected chi connectivity index (χ1v) is 11.7. The average Bonchev–Trinajstić information content (AvgIpc) is 3.16. The van der Waals surface area contributed by atoms with Crippen LogP contribution in [0.4, 0.5) is 5.69 Å². The van der Waals surface area contributed by atoms with Crippen molar-refractivity contribution >= 4 is 28.3 Å². The number of amides is 1. The maximum atomic E-state index is 13.8. The summed E-state index contributed by atoms with van der Waals surface area (Å²) in [7, 11) is 0. The summed E-state index contributed by atoms with van der Waals surface area (Å²) in [5.74, 6) is 0.202. The molecule has 6 heteroatoms. The Labute approximate surface area is 208 Å². The van der Waals surface area contributed by atoms with E-state index >= 15 is 0 Å². The van der Waals surface area contributed by atoms with Gasteiger partial charge in [0, 0.05) is 11.3 Å². The highest BCUT2D eigenvalue weighted by atomic mass is 16.5. The Morgan fingerprint density at radius 3 is 2.33 bits per heavy atom. The van der Waals surface area contributed by atoms with Gasteiger partial charge in [-0.15, -0.1) is 0 Å². The molecule has 4 aromatic rings. The fourth-order valence-corrected chi connectivity index (χ4v) is 4.57. The molecule has 0 N–H and O–H groups in total. The number of anilines is 1. The van der Waals surface area contributed by atoms with Crippen LogP contribution in [0.15, 0.2) is 82.5 Å². The first-order valence-electron chi connectivity index (χ1n) is 11.7. The highest BCUT2D eigenvalue weighted by molar-refractivity contribution is 6.11. The molecule has 5 rings (SSSR count). The highest BCUT2D eigenvalue weighted by Crippen LogP contribution is 2.41. The maximum absolute atomic E-state index is 13.8. The normalized spacial score (nSPS) is 14.7. The van der Waals surface area contributed by atoms with Crippen molar-refractivity contribution in [2.45, 2.75) is 26.8 Å². The van der Waals surface area contributed by atoms with E-state index in [-0.39, 0.29) is 17.0 Å². The van der Waals surface area contributed by atoms with E-state index in [2.05, 4.69) is 6.58 Å². The molecule has 0 bridgehead atoms. The number of benzene rings is 3. The highest BCUT2D eigenvalue weighted by Gasteiger charge is 2.43. The molecular formula is C30H25NO5. The second-order valence-corrected chi connectivity index (χ2v) is 8.96. The summed E-state index contributed by atoms with van der Waals surface area (Å²) in [6, 6.07) is 17.0. The van der Waals surface area contributed by atoms with Gasteiger partial charge in [-0.1, -0.05) is 24.8 Å². The van der Waals surface area contributed by atoms with Crippen LogP contribution in [0, 0.1) is 13.8 Å². The standard InChI is InChI=1S/C30H25NO5/c1-5-14-35-23-12-8-21(9-13-23)27-26-28(33)24-15-17(2)18(3)16-25(24)36-29(26)30(34)31(27)22-10-6-20(7-11-22)19(4)32/h5-13,15-16,27H,1,14H2,2-4H3. The van der Waals surface area contributed by atoms with Gasteiger partial charge in [0.15, 0.2) is 11.2 Å². The Kier molecular flexibility index (Phi) is 5.80. The van der Waals surface area contributed by atoms with Crippen LogP contribution in [0.3, 0.4) is 0 Å². The topological polar surface area (TPSA) is 76.8 Å². The zero-order valence-corrected chi connectivity index (χ0v) is 20.3. The number of hydrogen-bond donors (Lipinski definition) is 0. The number of aryl methyl sites for hydroxylation is 2. The smallest absolute Gasteiger partial charge is 0.295 e. The number of rotatable bonds is 6. The molecule has 36 heavy (non-hydrogen) atoms. The molecule has 1 unspecified atom stereocenters. The van der Waals surface area contributed by atoms with Gasteiger partial charge in [0.25, 0.3) is 5.91 Å². The lowest BCUT2D eigenvalue weighted by Crippen LogP contribution is -2.29. The third-order valence-electron chi connectivity index (χ3n) is 6.60. The average molecular weight is 480 g/mol. The van der Waals surface area contributed by atoms with Crippen LogP contribution >= 0.6 is 0 Å². The van der Waals surface area contributed by atoms with Crippen molar-refractivity contribution < 1.29 is 18.7 Å². The fraction of sp³-hybridized carbons (Fsp3) is 0.167. The van der Waals surface area contributed by atoms with E-state index in [0.29, 0.717) is 40.1 Å². The molecule has 1 aromatic heterocycles. The lowest BCUT2D eigenvalue weighted by molar-refractivity contribution is 0.0970. The molecule has 2 heterocycles. The Hall–Kier alpha value is -4.45. The first-order chi connectivity index (χ1) is 17.3. The van der Waals surface area contributed by atoms with E-state index in [1.54, 1.807) is 53.4 Å². The van der Waals surface area contributed by atoms with Crippen molar-refractivity contribution in [3.05, 3.63) is 117 Å². The minimum atomic E-state index is -0.702. The molecule has 0 saturated carbocycles. The van der Waals surface area contributed by atoms with E-state index < -0.39 is 11.9 Å². The van der Waals surface area contributed by atoms with Gasteiger partial charge in [0.05, 0.1) is 17.0 Å². The molecule has 0 spiro atoms. The van der Waals surface area contributed by atoms with Crippen LogP contribution in [0.25, 0.3) is 11.0 Å². The molecule has 1 amide bonds. The Morgan fingerprint density at radius 1 is 1.03 bits per heavy atom. The summed E-state index contributed by atoms with van der Waals surface area (Å²) >= 11 is 0. The number of carbonyl (C=O) groups is 2. The van der Waals surface area contributed by atoms with Gasteiger partial charge in [-0.3, -0.25) is 19.3 Å². The summed E-state index contributed by atoms with van der Waals surface area (Å²) in [6.45, 7) is 9.39. The Balaban J connectivity index is 1.72. The number of hydrogen-bond acceptors (Lipinski definition) is 5. The molecule has 0 saturated heterocycles. The first kappa shape index (κ1) is 23.3. The number of ketones is 1. The van der Waals surface area contributed by atoms with Crippen molar-refractivity contribution in [1.29, 1.82) is 0 Å². The molecule has 6 nitrogen and oxygen atoms in total. The molecule has 1 atom stereocenters. The van der Waals surface area contributed by atoms with Crippen LogP contribution in [0.1, 0.15) is 56.1 Å². The van der Waals surface area contributed by atoms with Crippen LogP contribution < -0.4 is 15.1 Å². The van der Waals surface area contributed by atoms with Crippen LogP contribution in [0.2, 0.25) is 0 Å².